The lowest BCUT2D eigenvalue weighted by molar-refractivity contribution is -0.115. The largest absolute Gasteiger partial charge is 0.465 e. The van der Waals surface area contributed by atoms with Gasteiger partial charge in [-0.1, -0.05) is 25.4 Å². The first-order chi connectivity index (χ1) is 14.5. The normalized spacial score (nSPS) is 14.1. The molecule has 1 aliphatic heterocycles. The molecule has 2 aromatic rings. The van der Waals surface area contributed by atoms with Crippen molar-refractivity contribution in [3.63, 3.8) is 0 Å². The number of esters is 1. The average Bonchev–Trinajstić information content (AvgIpc) is 2.79. The van der Waals surface area contributed by atoms with Gasteiger partial charge in [-0.2, -0.15) is 0 Å². The van der Waals surface area contributed by atoms with Gasteiger partial charge in [0.25, 0.3) is 0 Å². The van der Waals surface area contributed by atoms with Crippen LogP contribution in [0.2, 0.25) is 5.02 Å². The third kappa shape index (κ3) is 5.00. The molecule has 0 spiro atoms. The lowest BCUT2D eigenvalue weighted by atomic mass is 10.1. The molecular formula is C21H23ClN2O6S. The Morgan fingerprint density at radius 3 is 2.55 bits per heavy atom. The Labute approximate surface area is 185 Å². The molecule has 2 N–H and O–H groups in total. The molecule has 1 heterocycles. The van der Waals surface area contributed by atoms with Crippen LogP contribution in [0.25, 0.3) is 0 Å². The van der Waals surface area contributed by atoms with Crippen molar-refractivity contribution in [1.82, 2.24) is 5.32 Å². The number of halogens is 1. The van der Waals surface area contributed by atoms with Gasteiger partial charge in [0.1, 0.15) is 16.4 Å². The molecule has 166 valence electrons. The summed E-state index contributed by atoms with van der Waals surface area (Å²) >= 11 is 6.39. The van der Waals surface area contributed by atoms with Crippen LogP contribution in [0.1, 0.15) is 35.3 Å². The van der Waals surface area contributed by atoms with Crippen molar-refractivity contribution in [2.24, 2.45) is 0 Å². The summed E-state index contributed by atoms with van der Waals surface area (Å²) in [6, 6.07) is 5.90. The van der Waals surface area contributed by atoms with E-state index in [1.54, 1.807) is 6.92 Å². The molecule has 1 aliphatic rings. The second-order valence-corrected chi connectivity index (χ2v) is 9.87. The number of ether oxygens (including phenoxy) is 2. The topological polar surface area (TPSA) is 111 Å². The summed E-state index contributed by atoms with van der Waals surface area (Å²) in [5, 5.41) is 5.86. The molecule has 0 radical (unpaired) electrons. The Balaban J connectivity index is 2.02. The van der Waals surface area contributed by atoms with E-state index in [9.17, 15) is 18.0 Å². The van der Waals surface area contributed by atoms with Crippen LogP contribution in [0, 0.1) is 6.92 Å². The van der Waals surface area contributed by atoms with Gasteiger partial charge in [-0.15, -0.1) is 0 Å². The monoisotopic (exact) mass is 466 g/mol. The van der Waals surface area contributed by atoms with Crippen LogP contribution in [0.4, 0.5) is 5.69 Å². The van der Waals surface area contributed by atoms with Gasteiger partial charge in [-0.25, -0.2) is 13.2 Å². The van der Waals surface area contributed by atoms with Crippen molar-refractivity contribution in [2.75, 3.05) is 19.0 Å². The zero-order chi connectivity index (χ0) is 22.9. The van der Waals surface area contributed by atoms with Gasteiger partial charge in [0.05, 0.1) is 30.0 Å². The predicted octanol–water partition coefficient (Wildman–Crippen LogP) is 3.45. The molecule has 0 atom stereocenters. The number of fused-ring (bicyclic) bond motifs is 2. The molecule has 1 amide bonds. The summed E-state index contributed by atoms with van der Waals surface area (Å²) in [5.41, 5.74) is 1.21. The molecule has 2 aromatic carbocycles. The summed E-state index contributed by atoms with van der Waals surface area (Å²) in [6.07, 6.45) is 0. The summed E-state index contributed by atoms with van der Waals surface area (Å²) in [6.45, 7) is 5.57. The molecule has 0 unspecified atom stereocenters. The van der Waals surface area contributed by atoms with Crippen LogP contribution < -0.4 is 15.4 Å². The lowest BCUT2D eigenvalue weighted by Gasteiger charge is -2.15. The number of benzene rings is 2. The second kappa shape index (κ2) is 8.86. The van der Waals surface area contributed by atoms with Crippen molar-refractivity contribution in [2.45, 2.75) is 37.5 Å². The highest BCUT2D eigenvalue weighted by Crippen LogP contribution is 2.44. The number of methoxy groups -OCH3 is 1. The first kappa shape index (κ1) is 23.1. The third-order valence-corrected chi connectivity index (χ3v) is 6.57. The zero-order valence-electron chi connectivity index (χ0n) is 17.5. The van der Waals surface area contributed by atoms with Crippen molar-refractivity contribution in [3.8, 4) is 11.5 Å². The van der Waals surface area contributed by atoms with Gasteiger partial charge in [-0.3, -0.25) is 4.79 Å². The summed E-state index contributed by atoms with van der Waals surface area (Å²) in [5.74, 6) is -1.06. The molecule has 31 heavy (non-hydrogen) atoms. The van der Waals surface area contributed by atoms with Crippen molar-refractivity contribution >= 4 is 39.0 Å². The summed E-state index contributed by atoms with van der Waals surface area (Å²) < 4.78 is 36.9. The number of sulfone groups is 1. The van der Waals surface area contributed by atoms with Crippen molar-refractivity contribution < 1.29 is 27.5 Å². The maximum absolute atomic E-state index is 13.1. The van der Waals surface area contributed by atoms with E-state index in [2.05, 4.69) is 10.6 Å². The second-order valence-electron chi connectivity index (χ2n) is 7.50. The maximum Gasteiger partial charge on any atom is 0.337 e. The molecule has 8 nitrogen and oxygen atoms in total. The van der Waals surface area contributed by atoms with Gasteiger partial charge < -0.3 is 20.1 Å². The minimum Gasteiger partial charge on any atom is -0.465 e. The summed E-state index contributed by atoms with van der Waals surface area (Å²) in [7, 11) is -2.66. The number of rotatable bonds is 5. The highest BCUT2D eigenvalue weighted by molar-refractivity contribution is 7.90. The summed E-state index contributed by atoms with van der Waals surface area (Å²) in [4.78, 5) is 24.0. The number of carbonyl (C=O) groups is 2. The van der Waals surface area contributed by atoms with Crippen LogP contribution in [-0.4, -0.2) is 40.0 Å². The number of hydrogen-bond acceptors (Lipinski definition) is 7. The lowest BCUT2D eigenvalue weighted by Crippen LogP contribution is -2.32. The number of anilines is 1. The fourth-order valence-electron chi connectivity index (χ4n) is 3.17. The van der Waals surface area contributed by atoms with Crippen LogP contribution in [0.3, 0.4) is 0 Å². The molecule has 0 fully saturated rings. The fraction of sp³-hybridized carbons (Fsp3) is 0.333. The molecule has 0 saturated carbocycles. The van der Waals surface area contributed by atoms with E-state index in [1.165, 1.54) is 31.4 Å². The highest BCUT2D eigenvalue weighted by Gasteiger charge is 2.31. The van der Waals surface area contributed by atoms with E-state index in [4.69, 9.17) is 21.1 Å². The van der Waals surface area contributed by atoms with E-state index in [1.807, 2.05) is 13.8 Å². The standard InChI is InChI=1S/C21H23ClN2O6S/c1-11(2)23-9-18(25)24-15-6-14-10-31(27,28)17-7-13(21(26)29-4)5-12(3)19(17)30-20(14)16(22)8-15/h5-8,11,23H,9-10H2,1-4H3,(H,24,25). The van der Waals surface area contributed by atoms with Crippen molar-refractivity contribution in [3.05, 3.63) is 46.0 Å². The Hall–Kier alpha value is -2.62. The first-order valence-electron chi connectivity index (χ1n) is 9.51. The molecule has 0 aliphatic carbocycles. The number of carbonyl (C=O) groups excluding carboxylic acids is 2. The molecular weight excluding hydrogens is 444 g/mol. The molecule has 3 rings (SSSR count). The molecule has 0 bridgehead atoms. The zero-order valence-corrected chi connectivity index (χ0v) is 19.1. The molecule has 10 heteroatoms. The van der Waals surface area contributed by atoms with Gasteiger partial charge in [0, 0.05) is 17.3 Å². The average molecular weight is 467 g/mol. The Morgan fingerprint density at radius 2 is 1.90 bits per heavy atom. The maximum atomic E-state index is 13.1. The predicted molar refractivity (Wildman–Crippen MR) is 117 cm³/mol. The number of aryl methyl sites for hydroxylation is 1. The quantitative estimate of drug-likeness (QED) is 0.649. The minimum absolute atomic E-state index is 0.0993. The third-order valence-electron chi connectivity index (χ3n) is 4.62. The van der Waals surface area contributed by atoms with Crippen LogP contribution in [-0.2, 0) is 25.1 Å². The van der Waals surface area contributed by atoms with Crippen LogP contribution in [0.15, 0.2) is 29.2 Å². The number of nitrogens with one attached hydrogen (secondary N) is 2. The number of hydrogen-bond donors (Lipinski definition) is 2. The first-order valence-corrected chi connectivity index (χ1v) is 11.5. The minimum atomic E-state index is -3.88. The number of amides is 1. The Kier molecular flexibility index (Phi) is 6.59. The van der Waals surface area contributed by atoms with Gasteiger partial charge in [-0.05, 0) is 36.8 Å². The molecule has 0 aromatic heterocycles. The van der Waals surface area contributed by atoms with Gasteiger partial charge in [0.2, 0.25) is 5.91 Å². The van der Waals surface area contributed by atoms with Crippen LogP contribution in [0.5, 0.6) is 11.5 Å². The highest BCUT2D eigenvalue weighted by atomic mass is 35.5. The Morgan fingerprint density at radius 1 is 1.19 bits per heavy atom. The fourth-order valence-corrected chi connectivity index (χ4v) is 5.02. The SMILES string of the molecule is COC(=O)c1cc(C)c2c(c1)S(=O)(=O)Cc1cc(NC(=O)CNC(C)C)cc(Cl)c1O2. The van der Waals surface area contributed by atoms with E-state index < -0.39 is 21.6 Å². The van der Waals surface area contributed by atoms with Gasteiger partial charge >= 0.3 is 5.97 Å². The van der Waals surface area contributed by atoms with E-state index >= 15 is 0 Å². The molecule has 0 saturated heterocycles. The smallest absolute Gasteiger partial charge is 0.337 e. The van der Waals surface area contributed by atoms with Gasteiger partial charge in [0.15, 0.2) is 9.84 Å². The van der Waals surface area contributed by atoms with Crippen molar-refractivity contribution in [1.29, 1.82) is 0 Å². The Bertz CT molecular complexity index is 1160. The van der Waals surface area contributed by atoms with E-state index in [0.29, 0.717) is 16.8 Å². The van der Waals surface area contributed by atoms with Crippen LogP contribution >= 0.6 is 11.6 Å². The van der Waals surface area contributed by atoms with E-state index in [0.717, 1.165) is 0 Å². The van der Waals surface area contributed by atoms with E-state index in [-0.39, 0.29) is 45.5 Å².